The van der Waals surface area contributed by atoms with Gasteiger partial charge in [-0.15, -0.1) is 0 Å². The fourth-order valence-electron chi connectivity index (χ4n) is 3.40. The molecule has 0 atom stereocenters. The summed E-state index contributed by atoms with van der Waals surface area (Å²) in [5, 5.41) is 3.10. The van der Waals surface area contributed by atoms with E-state index in [4.69, 9.17) is 4.74 Å². The minimum atomic E-state index is -0.130. The lowest BCUT2D eigenvalue weighted by Gasteiger charge is -2.27. The molecule has 1 amide bonds. The number of methoxy groups -OCH3 is 1. The number of benzene rings is 2. The molecule has 4 nitrogen and oxygen atoms in total. The molecule has 1 heterocycles. The molecule has 1 aliphatic heterocycles. The van der Waals surface area contributed by atoms with Crippen molar-refractivity contribution in [3.05, 3.63) is 58.7 Å². The smallest absolute Gasteiger partial charge is 0.259 e. The van der Waals surface area contributed by atoms with Gasteiger partial charge in [-0.3, -0.25) is 4.79 Å². The highest BCUT2D eigenvalue weighted by Gasteiger charge is 2.21. The van der Waals surface area contributed by atoms with Crippen molar-refractivity contribution in [1.29, 1.82) is 0 Å². The minimum absolute atomic E-state index is 0.00676. The van der Waals surface area contributed by atoms with Crippen LogP contribution in [0.4, 0.5) is 5.69 Å². The van der Waals surface area contributed by atoms with Gasteiger partial charge in [-0.2, -0.15) is 0 Å². The van der Waals surface area contributed by atoms with Crippen molar-refractivity contribution in [3.63, 3.8) is 0 Å². The Bertz CT molecular complexity index is 821. The van der Waals surface area contributed by atoms with E-state index >= 15 is 0 Å². The summed E-state index contributed by atoms with van der Waals surface area (Å²) >= 11 is 0. The summed E-state index contributed by atoms with van der Waals surface area (Å²) < 4.78 is 5.50. The molecule has 0 aromatic heterocycles. The van der Waals surface area contributed by atoms with Crippen LogP contribution < -0.4 is 10.1 Å². The van der Waals surface area contributed by atoms with Crippen LogP contribution in [-0.2, 0) is 18.4 Å². The van der Waals surface area contributed by atoms with Crippen LogP contribution in [0, 0.1) is 0 Å². The molecule has 1 aliphatic rings. The molecule has 138 valence electrons. The number of anilines is 1. The van der Waals surface area contributed by atoms with Crippen LogP contribution in [0.2, 0.25) is 0 Å². The van der Waals surface area contributed by atoms with Gasteiger partial charge in [0, 0.05) is 18.8 Å². The maximum Gasteiger partial charge on any atom is 0.259 e. The first-order valence-corrected chi connectivity index (χ1v) is 9.09. The molecule has 26 heavy (non-hydrogen) atoms. The van der Waals surface area contributed by atoms with E-state index in [1.54, 1.807) is 7.11 Å². The Morgan fingerprint density at radius 3 is 2.65 bits per heavy atom. The fourth-order valence-corrected chi connectivity index (χ4v) is 3.40. The Morgan fingerprint density at radius 2 is 1.96 bits per heavy atom. The van der Waals surface area contributed by atoms with E-state index in [0.29, 0.717) is 11.3 Å². The highest BCUT2D eigenvalue weighted by Crippen LogP contribution is 2.30. The van der Waals surface area contributed by atoms with Gasteiger partial charge in [0.25, 0.3) is 5.91 Å². The van der Waals surface area contributed by atoms with Crippen LogP contribution in [0.25, 0.3) is 0 Å². The molecule has 0 aliphatic carbocycles. The average Bonchev–Trinajstić information content (AvgIpc) is 2.60. The van der Waals surface area contributed by atoms with Gasteiger partial charge in [0.05, 0.1) is 12.7 Å². The van der Waals surface area contributed by atoms with Gasteiger partial charge < -0.3 is 15.0 Å². The normalized spacial score (nSPS) is 14.7. The zero-order chi connectivity index (χ0) is 18.9. The number of ether oxygens (including phenoxy) is 1. The number of amides is 1. The summed E-state index contributed by atoms with van der Waals surface area (Å²) in [6, 6.07) is 12.0. The van der Waals surface area contributed by atoms with Gasteiger partial charge in [-0.1, -0.05) is 39.0 Å². The van der Waals surface area contributed by atoms with Crippen molar-refractivity contribution in [2.24, 2.45) is 0 Å². The Balaban J connectivity index is 1.89. The van der Waals surface area contributed by atoms with Crippen LogP contribution in [0.3, 0.4) is 0 Å². The molecule has 0 unspecified atom stereocenters. The second-order valence-corrected chi connectivity index (χ2v) is 8.05. The number of likely N-dealkylation sites (N-methyl/N-ethyl adjacent to an activating group) is 1. The van der Waals surface area contributed by atoms with Gasteiger partial charge in [-0.05, 0) is 53.8 Å². The highest BCUT2D eigenvalue weighted by molar-refractivity contribution is 6.06. The second-order valence-electron chi connectivity index (χ2n) is 8.05. The number of fused-ring (bicyclic) bond motifs is 1. The van der Waals surface area contributed by atoms with Crippen LogP contribution in [0.15, 0.2) is 36.4 Å². The van der Waals surface area contributed by atoms with Crippen molar-refractivity contribution >= 4 is 11.6 Å². The lowest BCUT2D eigenvalue weighted by atomic mass is 9.86. The SMILES string of the molecule is COc1cc(C(C)(C)C)ccc1C(=O)Nc1cccc2c1CCN(C)C2. The van der Waals surface area contributed by atoms with Crippen LogP contribution in [0.5, 0.6) is 5.75 Å². The van der Waals surface area contributed by atoms with Gasteiger partial charge in [0.1, 0.15) is 5.75 Å². The van der Waals surface area contributed by atoms with Crippen LogP contribution in [0.1, 0.15) is 47.8 Å². The number of carbonyl (C=O) groups is 1. The third-order valence-electron chi connectivity index (χ3n) is 5.02. The topological polar surface area (TPSA) is 41.6 Å². The molecular formula is C22H28N2O2. The maximum atomic E-state index is 12.9. The summed E-state index contributed by atoms with van der Waals surface area (Å²) in [5.74, 6) is 0.481. The molecule has 0 spiro atoms. The summed E-state index contributed by atoms with van der Waals surface area (Å²) in [5.41, 5.74) is 5.14. The number of nitrogens with zero attached hydrogens (tertiary/aromatic N) is 1. The quantitative estimate of drug-likeness (QED) is 0.899. The van der Waals surface area contributed by atoms with E-state index in [0.717, 1.165) is 30.8 Å². The predicted molar refractivity (Wildman–Crippen MR) is 106 cm³/mol. The first kappa shape index (κ1) is 18.5. The number of hydrogen-bond donors (Lipinski definition) is 1. The number of hydrogen-bond acceptors (Lipinski definition) is 3. The molecule has 1 N–H and O–H groups in total. The third kappa shape index (κ3) is 3.75. The first-order valence-electron chi connectivity index (χ1n) is 9.09. The number of nitrogens with one attached hydrogen (secondary N) is 1. The van der Waals surface area contributed by atoms with E-state index in [1.807, 2.05) is 30.3 Å². The predicted octanol–water partition coefficient (Wildman–Crippen LogP) is 4.23. The van der Waals surface area contributed by atoms with Crippen molar-refractivity contribution < 1.29 is 9.53 Å². The lowest BCUT2D eigenvalue weighted by Crippen LogP contribution is -2.27. The highest BCUT2D eigenvalue weighted by atomic mass is 16.5. The summed E-state index contributed by atoms with van der Waals surface area (Å²) in [6.07, 6.45) is 0.947. The van der Waals surface area contributed by atoms with E-state index in [2.05, 4.69) is 44.1 Å². The number of carbonyl (C=O) groups excluding carboxylic acids is 1. The van der Waals surface area contributed by atoms with Gasteiger partial charge in [0.15, 0.2) is 0 Å². The largest absolute Gasteiger partial charge is 0.496 e. The fraction of sp³-hybridized carbons (Fsp3) is 0.409. The van der Waals surface area contributed by atoms with Crippen molar-refractivity contribution in [1.82, 2.24) is 4.90 Å². The molecule has 0 radical (unpaired) electrons. The average molecular weight is 352 g/mol. The van der Waals surface area contributed by atoms with E-state index in [1.165, 1.54) is 11.1 Å². The third-order valence-corrected chi connectivity index (χ3v) is 5.02. The molecule has 4 heteroatoms. The van der Waals surface area contributed by atoms with Gasteiger partial charge in [0.2, 0.25) is 0 Å². The summed E-state index contributed by atoms with van der Waals surface area (Å²) in [7, 11) is 3.73. The van der Waals surface area contributed by atoms with Gasteiger partial charge in [-0.25, -0.2) is 0 Å². The molecule has 3 rings (SSSR count). The van der Waals surface area contributed by atoms with Crippen molar-refractivity contribution in [2.75, 3.05) is 26.0 Å². The van der Waals surface area contributed by atoms with E-state index in [9.17, 15) is 4.79 Å². The molecule has 0 saturated heterocycles. The standard InChI is InChI=1S/C22H28N2O2/c1-22(2,3)16-9-10-18(20(13-16)26-5)21(25)23-19-8-6-7-15-14-24(4)12-11-17(15)19/h6-10,13H,11-12,14H2,1-5H3,(H,23,25). The molecular weight excluding hydrogens is 324 g/mol. The zero-order valence-corrected chi connectivity index (χ0v) is 16.3. The minimum Gasteiger partial charge on any atom is -0.496 e. The molecule has 0 bridgehead atoms. The van der Waals surface area contributed by atoms with Crippen LogP contribution in [-0.4, -0.2) is 31.5 Å². The maximum absolute atomic E-state index is 12.9. The first-order chi connectivity index (χ1) is 12.3. The molecule has 2 aromatic carbocycles. The molecule has 2 aromatic rings. The Morgan fingerprint density at radius 1 is 1.19 bits per heavy atom. The van der Waals surface area contributed by atoms with E-state index in [-0.39, 0.29) is 11.3 Å². The zero-order valence-electron chi connectivity index (χ0n) is 16.3. The van der Waals surface area contributed by atoms with Crippen molar-refractivity contribution in [3.8, 4) is 5.75 Å². The Kier molecular flexibility index (Phi) is 5.05. The monoisotopic (exact) mass is 352 g/mol. The second kappa shape index (κ2) is 7.12. The lowest BCUT2D eigenvalue weighted by molar-refractivity contribution is 0.102. The van der Waals surface area contributed by atoms with E-state index < -0.39 is 0 Å². The molecule has 0 saturated carbocycles. The Labute approximate surface area is 156 Å². The summed E-state index contributed by atoms with van der Waals surface area (Å²) in [6.45, 7) is 8.37. The van der Waals surface area contributed by atoms with Gasteiger partial charge >= 0.3 is 0 Å². The van der Waals surface area contributed by atoms with Crippen molar-refractivity contribution in [2.45, 2.75) is 39.2 Å². The molecule has 0 fully saturated rings. The Hall–Kier alpha value is -2.33. The summed E-state index contributed by atoms with van der Waals surface area (Å²) in [4.78, 5) is 15.2. The number of rotatable bonds is 3. The van der Waals surface area contributed by atoms with Crippen LogP contribution >= 0.6 is 0 Å².